The molecule has 0 fully saturated rings. The number of aliphatic hydroxyl groups is 1. The molecule has 0 spiro atoms. The summed E-state index contributed by atoms with van der Waals surface area (Å²) in [5, 5.41) is 14.1. The molecule has 2 heteroatoms. The lowest BCUT2D eigenvalue weighted by atomic mass is 9.82. The van der Waals surface area contributed by atoms with Crippen LogP contribution in [0.15, 0.2) is 48.5 Å². The maximum atomic E-state index is 10.5. The lowest BCUT2D eigenvalue weighted by molar-refractivity contribution is 0.109. The van der Waals surface area contributed by atoms with Crippen LogP contribution in [-0.2, 0) is 5.54 Å². The Morgan fingerprint density at radius 2 is 1.50 bits per heavy atom. The minimum absolute atomic E-state index is 0.0149. The van der Waals surface area contributed by atoms with Gasteiger partial charge in [0.1, 0.15) is 0 Å². The van der Waals surface area contributed by atoms with Gasteiger partial charge in [-0.25, -0.2) is 0 Å². The first-order chi connectivity index (χ1) is 8.72. The normalized spacial score (nSPS) is 31.9. The predicted molar refractivity (Wildman–Crippen MR) is 70.2 cm³/mol. The summed E-state index contributed by atoms with van der Waals surface area (Å²) in [4.78, 5) is 0. The van der Waals surface area contributed by atoms with Crippen LogP contribution in [0.4, 0.5) is 0 Å². The minimum Gasteiger partial charge on any atom is -0.386 e. The van der Waals surface area contributed by atoms with Gasteiger partial charge in [0.2, 0.25) is 0 Å². The van der Waals surface area contributed by atoms with Crippen molar-refractivity contribution < 1.29 is 5.11 Å². The maximum absolute atomic E-state index is 10.5. The van der Waals surface area contributed by atoms with Gasteiger partial charge in [0.05, 0.1) is 17.7 Å². The van der Waals surface area contributed by atoms with E-state index in [1.54, 1.807) is 0 Å². The molecule has 2 aromatic rings. The monoisotopic (exact) mass is 237 g/mol. The summed E-state index contributed by atoms with van der Waals surface area (Å²) in [5.74, 6) is 0. The zero-order valence-corrected chi connectivity index (χ0v) is 10.2. The van der Waals surface area contributed by atoms with E-state index in [1.807, 2.05) is 24.3 Å². The highest BCUT2D eigenvalue weighted by Gasteiger charge is 2.49. The third-order valence-corrected chi connectivity index (χ3v) is 4.41. The molecule has 90 valence electrons. The SMILES string of the molecule is C[C@]12N[C@H](c3ccccc31)[C@@H](O)c1ccccc12. The Hall–Kier alpha value is -1.64. The highest BCUT2D eigenvalue weighted by atomic mass is 16.3. The predicted octanol–water partition coefficient (Wildman–Crippen LogP) is 2.64. The van der Waals surface area contributed by atoms with E-state index >= 15 is 0 Å². The molecule has 4 rings (SSSR count). The standard InChI is InChI=1S/C16H15NO/c1-16-12-8-4-2-6-10(12)14(17-16)15(18)11-7-3-5-9-13(11)16/h2-9,14-15,17-18H,1H3/t14-,15+,16+/m1/s1. The largest absolute Gasteiger partial charge is 0.386 e. The molecule has 0 amide bonds. The molecule has 3 atom stereocenters. The van der Waals surface area contributed by atoms with E-state index in [0.717, 1.165) is 5.56 Å². The highest BCUT2D eigenvalue weighted by Crippen LogP contribution is 2.52. The third kappa shape index (κ3) is 1.05. The summed E-state index contributed by atoms with van der Waals surface area (Å²) in [5.41, 5.74) is 4.60. The molecule has 2 heterocycles. The van der Waals surface area contributed by atoms with Gasteiger partial charge in [-0.05, 0) is 29.2 Å². The average Bonchev–Trinajstić information content (AvgIpc) is 2.70. The molecule has 2 bridgehead atoms. The Balaban J connectivity index is 2.08. The van der Waals surface area contributed by atoms with Crippen LogP contribution in [0.5, 0.6) is 0 Å². The van der Waals surface area contributed by atoms with E-state index in [4.69, 9.17) is 0 Å². The van der Waals surface area contributed by atoms with Gasteiger partial charge in [-0.3, -0.25) is 5.32 Å². The summed E-state index contributed by atoms with van der Waals surface area (Å²) in [7, 11) is 0. The molecule has 2 N–H and O–H groups in total. The number of hydrogen-bond acceptors (Lipinski definition) is 2. The summed E-state index contributed by atoms with van der Waals surface area (Å²) in [6.07, 6.45) is -0.460. The quantitative estimate of drug-likeness (QED) is 0.738. The number of aliphatic hydroxyl groups excluding tert-OH is 1. The van der Waals surface area contributed by atoms with Gasteiger partial charge in [-0.1, -0.05) is 48.5 Å². The van der Waals surface area contributed by atoms with Crippen LogP contribution in [0.1, 0.15) is 41.3 Å². The van der Waals surface area contributed by atoms with Crippen LogP contribution in [-0.4, -0.2) is 5.11 Å². The number of rotatable bonds is 0. The summed E-state index contributed by atoms with van der Waals surface area (Å²) in [6.45, 7) is 2.20. The summed E-state index contributed by atoms with van der Waals surface area (Å²) in [6, 6.07) is 16.6. The Morgan fingerprint density at radius 1 is 0.944 bits per heavy atom. The van der Waals surface area contributed by atoms with Crippen molar-refractivity contribution in [3.63, 3.8) is 0 Å². The maximum Gasteiger partial charge on any atom is 0.0988 e. The molecular weight excluding hydrogens is 222 g/mol. The molecule has 0 aromatic heterocycles. The second-order valence-corrected chi connectivity index (χ2v) is 5.37. The fraction of sp³-hybridized carbons (Fsp3) is 0.250. The van der Waals surface area contributed by atoms with Crippen molar-refractivity contribution in [3.05, 3.63) is 70.8 Å². The third-order valence-electron chi connectivity index (χ3n) is 4.41. The van der Waals surface area contributed by atoms with Gasteiger partial charge < -0.3 is 5.11 Å². The van der Waals surface area contributed by atoms with E-state index in [9.17, 15) is 5.11 Å². The van der Waals surface area contributed by atoms with Crippen LogP contribution in [0.3, 0.4) is 0 Å². The Kier molecular flexibility index (Phi) is 1.84. The Bertz CT molecular complexity index is 636. The van der Waals surface area contributed by atoms with Crippen molar-refractivity contribution >= 4 is 0 Å². The van der Waals surface area contributed by atoms with Gasteiger partial charge in [0.15, 0.2) is 0 Å². The minimum atomic E-state index is -0.460. The highest BCUT2D eigenvalue weighted by molar-refractivity contribution is 5.55. The van der Waals surface area contributed by atoms with Crippen molar-refractivity contribution in [1.82, 2.24) is 5.32 Å². The number of fused-ring (bicyclic) bond motifs is 7. The topological polar surface area (TPSA) is 32.3 Å². The van der Waals surface area contributed by atoms with Gasteiger partial charge in [0, 0.05) is 0 Å². The molecule has 0 unspecified atom stereocenters. The van der Waals surface area contributed by atoms with E-state index in [1.165, 1.54) is 16.7 Å². The first kappa shape index (κ1) is 10.3. The summed E-state index contributed by atoms with van der Waals surface area (Å²) < 4.78 is 0. The smallest absolute Gasteiger partial charge is 0.0988 e. The first-order valence-corrected chi connectivity index (χ1v) is 6.36. The van der Waals surface area contributed by atoms with Crippen LogP contribution >= 0.6 is 0 Å². The molecule has 2 aliphatic heterocycles. The van der Waals surface area contributed by atoms with Crippen molar-refractivity contribution in [2.75, 3.05) is 0 Å². The zero-order valence-electron chi connectivity index (χ0n) is 10.2. The van der Waals surface area contributed by atoms with Crippen molar-refractivity contribution in [2.24, 2.45) is 0 Å². The molecule has 0 saturated carbocycles. The fourth-order valence-electron chi connectivity index (χ4n) is 3.55. The van der Waals surface area contributed by atoms with Crippen LogP contribution < -0.4 is 5.32 Å². The van der Waals surface area contributed by atoms with Gasteiger partial charge in [-0.2, -0.15) is 0 Å². The van der Waals surface area contributed by atoms with Crippen LogP contribution in [0.2, 0.25) is 0 Å². The lowest BCUT2D eigenvalue weighted by Crippen LogP contribution is -2.43. The summed E-state index contributed by atoms with van der Waals surface area (Å²) >= 11 is 0. The van der Waals surface area contributed by atoms with E-state index in [2.05, 4.69) is 36.5 Å². The second kappa shape index (κ2) is 3.22. The van der Waals surface area contributed by atoms with Crippen molar-refractivity contribution in [2.45, 2.75) is 24.6 Å². The van der Waals surface area contributed by atoms with Gasteiger partial charge >= 0.3 is 0 Å². The first-order valence-electron chi connectivity index (χ1n) is 6.36. The van der Waals surface area contributed by atoms with E-state index in [-0.39, 0.29) is 11.6 Å². The van der Waals surface area contributed by atoms with Gasteiger partial charge in [-0.15, -0.1) is 0 Å². The molecule has 18 heavy (non-hydrogen) atoms. The fourth-order valence-corrected chi connectivity index (χ4v) is 3.55. The number of benzene rings is 2. The molecule has 0 aliphatic carbocycles. The molecule has 0 saturated heterocycles. The molecule has 0 radical (unpaired) electrons. The number of nitrogens with one attached hydrogen (secondary N) is 1. The van der Waals surface area contributed by atoms with E-state index < -0.39 is 6.10 Å². The Morgan fingerprint density at radius 3 is 2.22 bits per heavy atom. The van der Waals surface area contributed by atoms with Crippen LogP contribution in [0.25, 0.3) is 0 Å². The Labute approximate surface area is 106 Å². The van der Waals surface area contributed by atoms with Crippen LogP contribution in [0, 0.1) is 0 Å². The molecule has 2 nitrogen and oxygen atoms in total. The lowest BCUT2D eigenvalue weighted by Gasteiger charge is -2.37. The van der Waals surface area contributed by atoms with E-state index in [0.29, 0.717) is 0 Å². The van der Waals surface area contributed by atoms with Gasteiger partial charge in [0.25, 0.3) is 0 Å². The zero-order chi connectivity index (χ0) is 12.3. The number of hydrogen-bond donors (Lipinski definition) is 2. The van der Waals surface area contributed by atoms with Crippen molar-refractivity contribution in [1.29, 1.82) is 0 Å². The second-order valence-electron chi connectivity index (χ2n) is 5.37. The molecule has 2 aromatic carbocycles. The molecular formula is C16H15NO. The molecule has 2 aliphatic rings. The van der Waals surface area contributed by atoms with Crippen molar-refractivity contribution in [3.8, 4) is 0 Å². The average molecular weight is 237 g/mol.